The fourth-order valence-corrected chi connectivity index (χ4v) is 3.14. The first kappa shape index (κ1) is 16.5. The lowest BCUT2D eigenvalue weighted by atomic mass is 10.1. The molecule has 1 aromatic heterocycles. The number of ether oxygens (including phenoxy) is 2. The zero-order valence-electron chi connectivity index (χ0n) is 12.9. The highest BCUT2D eigenvalue weighted by Gasteiger charge is 2.07. The van der Waals surface area contributed by atoms with Crippen molar-refractivity contribution in [2.24, 2.45) is 0 Å². The second kappa shape index (κ2) is 7.51. The standard InChI is InChI=1S/C17H15ClN2O3S/c1-22-13-6-7-15-14(9-13)19-17(24-15)10-23-12-4-2-11(3-5-12)8-16(21)20-18/h2-7,9H,8,10H2,1H3,(H,20,21). The van der Waals surface area contributed by atoms with Crippen LogP contribution in [0.25, 0.3) is 10.2 Å². The van der Waals surface area contributed by atoms with E-state index in [1.54, 1.807) is 18.4 Å². The summed E-state index contributed by atoms with van der Waals surface area (Å²) >= 11 is 6.86. The zero-order chi connectivity index (χ0) is 16.9. The number of halogens is 1. The van der Waals surface area contributed by atoms with Crippen molar-refractivity contribution in [3.05, 3.63) is 53.0 Å². The Balaban J connectivity index is 1.64. The number of fused-ring (bicyclic) bond motifs is 1. The van der Waals surface area contributed by atoms with E-state index in [4.69, 9.17) is 21.3 Å². The van der Waals surface area contributed by atoms with E-state index in [-0.39, 0.29) is 12.3 Å². The van der Waals surface area contributed by atoms with Gasteiger partial charge in [-0.25, -0.2) is 4.98 Å². The molecule has 0 radical (unpaired) electrons. The maximum absolute atomic E-state index is 11.2. The van der Waals surface area contributed by atoms with Crippen molar-refractivity contribution in [1.82, 2.24) is 9.82 Å². The number of thiazole rings is 1. The van der Waals surface area contributed by atoms with Crippen molar-refractivity contribution in [2.75, 3.05) is 7.11 Å². The Morgan fingerprint density at radius 1 is 1.21 bits per heavy atom. The van der Waals surface area contributed by atoms with Gasteiger partial charge in [-0.2, -0.15) is 0 Å². The molecule has 124 valence electrons. The van der Waals surface area contributed by atoms with Crippen LogP contribution >= 0.6 is 23.1 Å². The fraction of sp³-hybridized carbons (Fsp3) is 0.176. The van der Waals surface area contributed by atoms with Gasteiger partial charge in [0.1, 0.15) is 23.1 Å². The van der Waals surface area contributed by atoms with E-state index in [0.717, 1.165) is 32.3 Å². The molecule has 24 heavy (non-hydrogen) atoms. The number of benzene rings is 2. The molecular weight excluding hydrogens is 348 g/mol. The molecule has 1 amide bonds. The first-order valence-corrected chi connectivity index (χ1v) is 8.42. The molecule has 0 aliphatic carbocycles. The lowest BCUT2D eigenvalue weighted by molar-refractivity contribution is -0.118. The third-order valence-corrected chi connectivity index (χ3v) is 4.62. The molecule has 0 aliphatic rings. The number of nitrogens with zero attached hydrogens (tertiary/aromatic N) is 1. The molecule has 2 aromatic carbocycles. The van der Waals surface area contributed by atoms with Crippen LogP contribution in [0.4, 0.5) is 0 Å². The molecule has 3 rings (SSSR count). The van der Waals surface area contributed by atoms with Crippen molar-refractivity contribution < 1.29 is 14.3 Å². The molecule has 0 bridgehead atoms. The lowest BCUT2D eigenvalue weighted by Gasteiger charge is -2.05. The Bertz CT molecular complexity index is 849. The van der Waals surface area contributed by atoms with Crippen molar-refractivity contribution in [1.29, 1.82) is 0 Å². The van der Waals surface area contributed by atoms with Gasteiger partial charge in [-0.3, -0.25) is 9.63 Å². The molecule has 1 N–H and O–H groups in total. The average Bonchev–Trinajstić information content (AvgIpc) is 3.02. The fourth-order valence-electron chi connectivity index (χ4n) is 2.21. The van der Waals surface area contributed by atoms with Gasteiger partial charge in [0, 0.05) is 17.8 Å². The number of amides is 1. The number of aromatic nitrogens is 1. The Labute approximate surface area is 148 Å². The normalized spacial score (nSPS) is 10.6. The summed E-state index contributed by atoms with van der Waals surface area (Å²) in [6.07, 6.45) is 0.240. The molecule has 1 heterocycles. The van der Waals surface area contributed by atoms with Crippen molar-refractivity contribution in [2.45, 2.75) is 13.0 Å². The number of carbonyl (C=O) groups is 1. The van der Waals surface area contributed by atoms with E-state index >= 15 is 0 Å². The van der Waals surface area contributed by atoms with E-state index in [1.807, 2.05) is 42.5 Å². The number of rotatable bonds is 6. The van der Waals surface area contributed by atoms with Crippen molar-refractivity contribution >= 4 is 39.2 Å². The van der Waals surface area contributed by atoms with Crippen LogP contribution in [0.1, 0.15) is 10.6 Å². The predicted molar refractivity (Wildman–Crippen MR) is 94.6 cm³/mol. The van der Waals surface area contributed by atoms with Gasteiger partial charge >= 0.3 is 0 Å². The first-order chi connectivity index (χ1) is 11.7. The van der Waals surface area contributed by atoms with Gasteiger partial charge in [0.2, 0.25) is 5.91 Å². The largest absolute Gasteiger partial charge is 0.497 e. The van der Waals surface area contributed by atoms with E-state index < -0.39 is 0 Å². The topological polar surface area (TPSA) is 60.5 Å². The van der Waals surface area contributed by atoms with Crippen molar-refractivity contribution in [3.8, 4) is 11.5 Å². The van der Waals surface area contributed by atoms with Crippen LogP contribution in [-0.4, -0.2) is 18.0 Å². The molecule has 0 saturated heterocycles. The Morgan fingerprint density at radius 2 is 1.96 bits per heavy atom. The van der Waals surface area contributed by atoms with Gasteiger partial charge in [0.15, 0.2) is 0 Å². The van der Waals surface area contributed by atoms with Gasteiger partial charge in [-0.05, 0) is 29.8 Å². The van der Waals surface area contributed by atoms with Gasteiger partial charge in [-0.1, -0.05) is 12.1 Å². The molecule has 7 heteroatoms. The van der Waals surface area contributed by atoms with Crippen LogP contribution in [-0.2, 0) is 17.8 Å². The summed E-state index contributed by atoms with van der Waals surface area (Å²) in [5, 5.41) is 0.892. The average molecular weight is 363 g/mol. The highest BCUT2D eigenvalue weighted by Crippen LogP contribution is 2.26. The van der Waals surface area contributed by atoms with E-state index in [9.17, 15) is 4.79 Å². The van der Waals surface area contributed by atoms with Crippen molar-refractivity contribution in [3.63, 3.8) is 0 Å². The van der Waals surface area contributed by atoms with E-state index in [0.29, 0.717) is 6.61 Å². The van der Waals surface area contributed by atoms with Gasteiger partial charge < -0.3 is 9.47 Å². The van der Waals surface area contributed by atoms with Gasteiger partial charge in [0.25, 0.3) is 0 Å². The smallest absolute Gasteiger partial charge is 0.238 e. The highest BCUT2D eigenvalue weighted by molar-refractivity contribution is 7.18. The van der Waals surface area contributed by atoms with Crippen LogP contribution in [0, 0.1) is 0 Å². The molecular formula is C17H15ClN2O3S. The summed E-state index contributed by atoms with van der Waals surface area (Å²) in [5.74, 6) is 1.27. The summed E-state index contributed by atoms with van der Waals surface area (Å²) in [4.78, 5) is 17.8. The Hall–Kier alpha value is -2.31. The maximum atomic E-state index is 11.2. The minimum Gasteiger partial charge on any atom is -0.497 e. The van der Waals surface area contributed by atoms with Crippen LogP contribution in [0.5, 0.6) is 11.5 Å². The summed E-state index contributed by atoms with van der Waals surface area (Å²) < 4.78 is 12.1. The lowest BCUT2D eigenvalue weighted by Crippen LogP contribution is -2.14. The number of hydrogen-bond donors (Lipinski definition) is 1. The quantitative estimate of drug-likeness (QED) is 0.679. The van der Waals surface area contributed by atoms with Crippen LogP contribution < -0.4 is 14.3 Å². The highest BCUT2D eigenvalue weighted by atomic mass is 35.5. The van der Waals surface area contributed by atoms with Crippen LogP contribution in [0.3, 0.4) is 0 Å². The summed E-state index contributed by atoms with van der Waals surface area (Å²) in [7, 11) is 1.64. The summed E-state index contributed by atoms with van der Waals surface area (Å²) in [6, 6.07) is 13.1. The maximum Gasteiger partial charge on any atom is 0.238 e. The molecule has 0 spiro atoms. The number of methoxy groups -OCH3 is 1. The molecule has 0 aliphatic heterocycles. The molecule has 0 saturated carbocycles. The minimum atomic E-state index is -0.241. The molecule has 0 fully saturated rings. The molecule has 0 unspecified atom stereocenters. The second-order valence-corrected chi connectivity index (χ2v) is 6.37. The van der Waals surface area contributed by atoms with Crippen LogP contribution in [0.2, 0.25) is 0 Å². The molecule has 5 nitrogen and oxygen atoms in total. The van der Waals surface area contributed by atoms with E-state index in [1.165, 1.54) is 0 Å². The SMILES string of the molecule is COc1ccc2sc(COc3ccc(CC(=O)NCl)cc3)nc2c1. The zero-order valence-corrected chi connectivity index (χ0v) is 14.5. The monoisotopic (exact) mass is 362 g/mol. The minimum absolute atomic E-state index is 0.240. The summed E-state index contributed by atoms with van der Waals surface area (Å²) in [5.41, 5.74) is 1.77. The van der Waals surface area contributed by atoms with Crippen LogP contribution in [0.15, 0.2) is 42.5 Å². The molecule has 0 atom stereocenters. The van der Waals surface area contributed by atoms with Gasteiger partial charge in [0.05, 0.1) is 23.7 Å². The Morgan fingerprint density at radius 3 is 2.67 bits per heavy atom. The number of nitrogens with one attached hydrogen (secondary N) is 1. The second-order valence-electron chi connectivity index (χ2n) is 5.07. The number of carbonyl (C=O) groups excluding carboxylic acids is 1. The molecule has 3 aromatic rings. The predicted octanol–water partition coefficient (Wildman–Crippen LogP) is 3.70. The van der Waals surface area contributed by atoms with E-state index in [2.05, 4.69) is 9.82 Å². The summed E-state index contributed by atoms with van der Waals surface area (Å²) in [6.45, 7) is 0.392. The Kier molecular flexibility index (Phi) is 5.17. The number of hydrogen-bond acceptors (Lipinski definition) is 5. The third-order valence-electron chi connectivity index (χ3n) is 3.39. The van der Waals surface area contributed by atoms with Gasteiger partial charge in [-0.15, -0.1) is 11.3 Å². The first-order valence-electron chi connectivity index (χ1n) is 7.22. The third kappa shape index (κ3) is 3.96.